The number of pyridine rings is 1. The van der Waals surface area contributed by atoms with Gasteiger partial charge in [0, 0.05) is 54.0 Å². The molecule has 3 heterocycles. The molecule has 0 saturated heterocycles. The van der Waals surface area contributed by atoms with Gasteiger partial charge in [-0.3, -0.25) is 4.57 Å². The van der Waals surface area contributed by atoms with Crippen LogP contribution in [0.3, 0.4) is 0 Å². The Morgan fingerprint density at radius 3 is 1.41 bits per heavy atom. The van der Waals surface area contributed by atoms with Crippen molar-refractivity contribution < 1.29 is 100 Å². The van der Waals surface area contributed by atoms with Crippen molar-refractivity contribution in [3.8, 4) is 73.2 Å². The van der Waals surface area contributed by atoms with Crippen molar-refractivity contribution in [2.75, 3.05) is 0 Å². The Labute approximate surface area is 700 Å². The fraction of sp³-hybridized carbons (Fsp3) is 0.0103. The van der Waals surface area contributed by atoms with Crippen LogP contribution < -0.4 is 50.8 Å². The Bertz CT molecular complexity index is 8810. The summed E-state index contributed by atoms with van der Waals surface area (Å²) in [6.45, 7) is -3.08. The zero-order chi connectivity index (χ0) is 114. The van der Waals surface area contributed by atoms with E-state index in [0.29, 0.717) is 16.3 Å². The van der Waals surface area contributed by atoms with Gasteiger partial charge in [-0.15, -0.1) is 29.7 Å². The van der Waals surface area contributed by atoms with E-state index in [9.17, 15) is 49.3 Å². The van der Waals surface area contributed by atoms with Gasteiger partial charge < -0.3 is 13.9 Å². The molecule has 0 unspecified atom stereocenters. The van der Waals surface area contributed by atoms with Gasteiger partial charge >= 0.3 is 0 Å². The summed E-state index contributed by atoms with van der Waals surface area (Å²) in [5, 5.41) is -9.07. The zero-order valence-electron chi connectivity index (χ0n) is 104. The molecular formula is C97H68N4OPtSi2-2. The van der Waals surface area contributed by atoms with E-state index in [1.807, 2.05) is 0 Å². The minimum Gasteiger partial charge on any atom is -0.510 e. The van der Waals surface area contributed by atoms with Gasteiger partial charge in [0.2, 0.25) is 0 Å². The standard InChI is InChI=1S/C97H68N4OSi2.Pt/c1-70-62-96(98-68-91(70)72-34-12-3-13-35-72)101-92-57-27-26-54-89(92)90-60-59-78(67-94(90)101)102-77-39-30-38-76(66-77)99-69-100(93-61-58-74(65-95(93)99)73-36-28-52-85(63-73)103(79-40-14-4-15-41-79,80-42-16-5-17-43-80)81-44-18-6-19-45-81)97-87(71-32-10-2-11-33-71)55-31-56-88(97)75-37-29-53-86(64-75)104(82-46-20-7-21-47-82,83-48-22-8-23-49-83)84-50-24-9-25-51-84;/h2-65,68H,1H3;/q-2;/i1D3,2D,3D,4D,5D,6D,7D,8D,9D,10D,11D,12D,13D,14D,15D,16D,17D,18D,19D,20D,21D,22D,23D,24D,25D,28D,29D,32D,33D,34D,35D,36D,37D,40D,41D,42D,43D,44D,45D,46D,47D,48D,49D,50D,51D,52D,53D,63D,64D;. The minimum absolute atomic E-state index is 0. The Balaban J connectivity index is 0.0000164. The number of aromatic nitrogens is 4. The molecular weight excluding hydrogens is 1490 g/mol. The van der Waals surface area contributed by atoms with Crippen LogP contribution in [0.25, 0.3) is 94.5 Å². The van der Waals surface area contributed by atoms with E-state index in [-0.39, 0.29) is 55.1 Å². The van der Waals surface area contributed by atoms with Gasteiger partial charge in [0.25, 0.3) is 6.33 Å². The molecule has 3 aromatic heterocycles. The minimum atomic E-state index is -6.77. The van der Waals surface area contributed by atoms with E-state index in [0.717, 1.165) is 57.8 Å². The van der Waals surface area contributed by atoms with Crippen LogP contribution in [0.5, 0.6) is 11.5 Å². The molecule has 502 valence electrons. The van der Waals surface area contributed by atoms with Gasteiger partial charge in [0.05, 0.1) is 82.5 Å². The normalized spacial score (nSPS) is 18.5. The molecule has 0 atom stereocenters. The average molecular weight is 1610 g/mol. The van der Waals surface area contributed by atoms with E-state index in [1.54, 1.807) is 30.3 Å². The number of ether oxygens (including phenoxy) is 1. The van der Waals surface area contributed by atoms with Crippen molar-refractivity contribution in [3.63, 3.8) is 0 Å². The Kier molecular flexibility index (Phi) is 8.28. The molecule has 0 aliphatic heterocycles. The van der Waals surface area contributed by atoms with Gasteiger partial charge in [-0.25, -0.2) is 4.98 Å². The molecule has 0 bridgehead atoms. The summed E-state index contributed by atoms with van der Waals surface area (Å²) < 4.78 is 494. The molecule has 0 amide bonds. The van der Waals surface area contributed by atoms with Gasteiger partial charge in [0.15, 0.2) is 16.1 Å². The third-order valence-corrected chi connectivity index (χ3v) is 25.2. The second kappa shape index (κ2) is 28.5. The number of nitrogens with zero attached hydrogens (tertiary/aromatic N) is 4. The maximum absolute atomic E-state index is 11.2. The molecule has 0 fully saturated rings. The third kappa shape index (κ3) is 11.8. The SMILES string of the molecule is [2H]c1c([2H])c([2H])c(-c2cnc(-n3c4[c-]c(Oc5[c-]c(-n6[c-][n+](-c7c(-c8c([2H])c([2H])c([2H])c([2H])c8[2H])cccc7-c7c([2H])c([2H])c([2H])c([Si](c8c([2H])c([2H])c([2H])c([2H])c8[2H])(c8c([2H])c([2H])c([2H])c([2H])c8[2H])c8c([2H])c([2H])c([2H])c([2H])c8[2H])c7[2H])c7ccc(-c8c([2H])c([2H])c([2H])c([Si](c9c([2H])c([2H])c([2H])c([2H])c9[2H])(c9c([2H])c([2H])c([2H])c([2H])c9[2H])c9c([2H])c([2H])c([2H])c([2H])c9[2H])c8[2H])cc76)ccc5)ccc4c4ccccc43)cc2C([2H])([2H])[2H])c([2H])c1[2H].[Pt]. The first-order valence-corrected chi connectivity index (χ1v) is 35.2. The fourth-order valence-corrected chi connectivity index (χ4v) is 19.8. The smallest absolute Gasteiger partial charge is 0.268 e. The van der Waals surface area contributed by atoms with Crippen molar-refractivity contribution >= 4 is 90.5 Å². The van der Waals surface area contributed by atoms with Crippen LogP contribution in [0.15, 0.2) is 393 Å². The largest absolute Gasteiger partial charge is 0.510 e. The van der Waals surface area contributed by atoms with Crippen LogP contribution in [0.1, 0.15) is 75.5 Å². The molecule has 0 aliphatic carbocycles. The van der Waals surface area contributed by atoms with Crippen LogP contribution >= 0.6 is 0 Å². The topological polar surface area (TPSA) is 35.9 Å². The monoisotopic (exact) mass is 1610 g/mol. The molecule has 0 saturated carbocycles. The predicted octanol–water partition coefficient (Wildman–Crippen LogP) is 17.3. The predicted molar refractivity (Wildman–Crippen MR) is 434 cm³/mol. The van der Waals surface area contributed by atoms with E-state index >= 15 is 0 Å². The molecule has 0 spiro atoms. The number of imidazole rings is 1. The summed E-state index contributed by atoms with van der Waals surface area (Å²) in [7, 11) is -13.4. The van der Waals surface area contributed by atoms with Crippen molar-refractivity contribution in [1.82, 2.24) is 14.1 Å². The summed E-state index contributed by atoms with van der Waals surface area (Å²) >= 11 is 0. The first-order valence-electron chi connectivity index (χ1n) is 56.7. The molecule has 18 aromatic rings. The van der Waals surface area contributed by atoms with Crippen LogP contribution in [0, 0.1) is 25.3 Å². The molecule has 18 rings (SSSR count). The van der Waals surface area contributed by atoms with Gasteiger partial charge in [-0.05, 0) is 122 Å². The average Bonchev–Trinajstić information content (AvgIpc) is 0.826. The molecule has 105 heavy (non-hydrogen) atoms. The number of fused-ring (bicyclic) bond motifs is 4. The van der Waals surface area contributed by atoms with Crippen LogP contribution in [-0.4, -0.2) is 30.3 Å². The summed E-state index contributed by atoms with van der Waals surface area (Å²) in [5.41, 5.74) is -7.29. The van der Waals surface area contributed by atoms with Crippen LogP contribution in [0.2, 0.25) is 0 Å². The Morgan fingerprint density at radius 2 is 0.857 bits per heavy atom. The Morgan fingerprint density at radius 1 is 0.390 bits per heavy atom. The number of hydrogen-bond acceptors (Lipinski definition) is 2. The van der Waals surface area contributed by atoms with E-state index < -0.39 is 416 Å². The number of benzene rings is 15. The molecule has 8 heteroatoms. The van der Waals surface area contributed by atoms with E-state index in [2.05, 4.69) is 23.4 Å². The van der Waals surface area contributed by atoms with Gasteiger partial charge in [-0.1, -0.05) is 344 Å². The quantitative estimate of drug-likeness (QED) is 0.0394. The van der Waals surface area contributed by atoms with Crippen molar-refractivity contribution in [2.45, 2.75) is 6.85 Å². The summed E-state index contributed by atoms with van der Waals surface area (Å²) in [6.07, 6.45) is 4.19. The van der Waals surface area contributed by atoms with Crippen molar-refractivity contribution in [2.24, 2.45) is 0 Å². The summed E-state index contributed by atoms with van der Waals surface area (Å²) in [4.78, 5) is 4.66. The summed E-state index contributed by atoms with van der Waals surface area (Å²) in [5.74, 6) is -0.598. The van der Waals surface area contributed by atoms with Crippen LogP contribution in [0.4, 0.5) is 0 Å². The van der Waals surface area contributed by atoms with Crippen molar-refractivity contribution in [3.05, 3.63) is 417 Å². The van der Waals surface area contributed by atoms with Crippen LogP contribution in [-0.2, 0) is 21.1 Å². The zero-order valence-corrected chi connectivity index (χ0v) is 57.6. The first-order chi connectivity index (χ1) is 72.6. The third-order valence-electron chi connectivity index (χ3n) is 17.2. The number of rotatable bonds is 17. The van der Waals surface area contributed by atoms with E-state index in [4.69, 9.17) is 25.3 Å². The van der Waals surface area contributed by atoms with Crippen molar-refractivity contribution in [1.29, 1.82) is 0 Å². The number of para-hydroxylation sites is 2. The second-order valence-corrected chi connectivity index (χ2v) is 29.7. The van der Waals surface area contributed by atoms with Gasteiger partial charge in [0.1, 0.15) is 5.82 Å². The molecule has 5 nitrogen and oxygen atoms in total. The fourth-order valence-electron chi connectivity index (χ4n) is 12.7. The molecule has 0 aliphatic rings. The Hall–Kier alpha value is -12.4. The molecule has 0 N–H and O–H groups in total. The second-order valence-electron chi connectivity index (χ2n) is 22.7. The maximum Gasteiger partial charge on any atom is 0.268 e. The molecule has 0 radical (unpaired) electrons. The van der Waals surface area contributed by atoms with Gasteiger partial charge in [-0.2, -0.15) is 18.2 Å². The number of hydrogen-bond donors (Lipinski definition) is 0. The molecule has 15 aromatic carbocycles. The van der Waals surface area contributed by atoms with E-state index in [1.165, 1.54) is 28.8 Å². The summed E-state index contributed by atoms with van der Waals surface area (Å²) in [6, 6.07) is -31.1. The number of aryl methyl sites for hydroxylation is 1. The maximum atomic E-state index is 11.2. The first kappa shape index (κ1) is 30.5.